The van der Waals surface area contributed by atoms with Crippen LogP contribution in [0.15, 0.2) is 22.7 Å². The van der Waals surface area contributed by atoms with Crippen LogP contribution < -0.4 is 5.73 Å². The van der Waals surface area contributed by atoms with Crippen LogP contribution in [0.3, 0.4) is 0 Å². The second-order valence-electron chi connectivity index (χ2n) is 2.01. The van der Waals surface area contributed by atoms with E-state index in [0.717, 1.165) is 0 Å². The summed E-state index contributed by atoms with van der Waals surface area (Å²) in [5.74, 6) is 0. The Labute approximate surface area is 77.5 Å². The first-order valence-electron chi connectivity index (χ1n) is 2.86. The van der Waals surface area contributed by atoms with Crippen molar-refractivity contribution in [3.8, 4) is 0 Å². The van der Waals surface area contributed by atoms with Crippen LogP contribution in [0, 0.1) is 0 Å². The van der Waals surface area contributed by atoms with Gasteiger partial charge in [-0.1, -0.05) is 0 Å². The van der Waals surface area contributed by atoms with Gasteiger partial charge in [0.15, 0.2) is 0 Å². The second-order valence-corrected chi connectivity index (χ2v) is 3.21. The van der Waals surface area contributed by atoms with Crippen LogP contribution in [0.4, 0.5) is 5.69 Å². The van der Waals surface area contributed by atoms with Gasteiger partial charge in [0.2, 0.25) is 0 Å². The Bertz CT molecular complexity index is 300. The molecule has 0 aliphatic rings. The molecule has 0 amide bonds. The molecule has 0 atom stereocenters. The molecule has 58 valence electrons. The van der Waals surface area contributed by atoms with Crippen molar-refractivity contribution < 1.29 is 4.79 Å². The highest BCUT2D eigenvalue weighted by Gasteiger charge is 2.06. The number of hydrogen-bond acceptors (Lipinski definition) is 2. The molecule has 0 saturated carbocycles. The van der Waals surface area contributed by atoms with E-state index in [2.05, 4.69) is 15.9 Å². The topological polar surface area (TPSA) is 43.1 Å². The number of halogens is 2. The van der Waals surface area contributed by atoms with Crippen molar-refractivity contribution in [1.29, 1.82) is 0 Å². The maximum Gasteiger partial charge on any atom is 0.253 e. The molecule has 0 aliphatic heterocycles. The van der Waals surface area contributed by atoms with Crippen molar-refractivity contribution in [2.24, 2.45) is 0 Å². The third-order valence-electron chi connectivity index (χ3n) is 1.20. The number of benzene rings is 1. The van der Waals surface area contributed by atoms with Crippen molar-refractivity contribution in [2.45, 2.75) is 0 Å². The molecule has 2 nitrogen and oxygen atoms in total. The minimum atomic E-state index is -0.510. The Morgan fingerprint density at radius 2 is 2.18 bits per heavy atom. The predicted molar refractivity (Wildman–Crippen MR) is 48.7 cm³/mol. The first-order chi connectivity index (χ1) is 5.11. The van der Waals surface area contributed by atoms with E-state index >= 15 is 0 Å². The molecule has 4 heteroatoms. The molecule has 0 unspecified atom stereocenters. The minimum absolute atomic E-state index is 0.395. The lowest BCUT2D eigenvalue weighted by Crippen LogP contribution is -1.93. The van der Waals surface area contributed by atoms with Gasteiger partial charge in [-0.05, 0) is 45.7 Å². The molecule has 0 aromatic heterocycles. The molecule has 11 heavy (non-hydrogen) atoms. The first-order valence-corrected chi connectivity index (χ1v) is 4.03. The summed E-state index contributed by atoms with van der Waals surface area (Å²) in [4.78, 5) is 10.7. The third-order valence-corrected chi connectivity index (χ3v) is 2.10. The zero-order valence-electron chi connectivity index (χ0n) is 5.47. The smallest absolute Gasteiger partial charge is 0.253 e. The van der Waals surface area contributed by atoms with Gasteiger partial charge in [0.25, 0.3) is 5.24 Å². The number of carbonyl (C=O) groups is 1. The monoisotopic (exact) mass is 233 g/mol. The fourth-order valence-electron chi connectivity index (χ4n) is 0.694. The van der Waals surface area contributed by atoms with E-state index in [1.807, 2.05) is 0 Å². The maximum atomic E-state index is 10.7. The Kier molecular flexibility index (Phi) is 2.52. The Morgan fingerprint density at radius 1 is 1.55 bits per heavy atom. The van der Waals surface area contributed by atoms with Crippen LogP contribution in [0.1, 0.15) is 10.4 Å². The number of carbonyl (C=O) groups excluding carboxylic acids is 1. The van der Waals surface area contributed by atoms with Gasteiger partial charge < -0.3 is 5.73 Å². The molecule has 0 fully saturated rings. The molecule has 1 aromatic rings. The summed E-state index contributed by atoms with van der Waals surface area (Å²) in [5, 5.41) is -0.510. The lowest BCUT2D eigenvalue weighted by molar-refractivity contribution is 0.108. The van der Waals surface area contributed by atoms with Gasteiger partial charge in [0.1, 0.15) is 0 Å². The number of anilines is 1. The highest BCUT2D eigenvalue weighted by Crippen LogP contribution is 2.20. The van der Waals surface area contributed by atoms with E-state index < -0.39 is 5.24 Å². The number of rotatable bonds is 1. The van der Waals surface area contributed by atoms with Crippen molar-refractivity contribution >= 4 is 38.5 Å². The highest BCUT2D eigenvalue weighted by atomic mass is 79.9. The summed E-state index contributed by atoms with van der Waals surface area (Å²) in [6.07, 6.45) is 0. The van der Waals surface area contributed by atoms with Crippen molar-refractivity contribution in [3.05, 3.63) is 28.2 Å². The lowest BCUT2D eigenvalue weighted by atomic mass is 10.2. The van der Waals surface area contributed by atoms with E-state index in [9.17, 15) is 4.79 Å². The SMILES string of the molecule is Nc1ccc(Br)c(C(=O)Cl)c1. The van der Waals surface area contributed by atoms with E-state index in [1.165, 1.54) is 6.07 Å². The molecule has 0 saturated heterocycles. The Morgan fingerprint density at radius 3 is 2.64 bits per heavy atom. The molecule has 1 rings (SSSR count). The largest absolute Gasteiger partial charge is 0.399 e. The minimum Gasteiger partial charge on any atom is -0.399 e. The normalized spacial score (nSPS) is 9.64. The summed E-state index contributed by atoms with van der Waals surface area (Å²) in [6, 6.07) is 4.90. The Balaban J connectivity index is 3.23. The van der Waals surface area contributed by atoms with Crippen LogP contribution >= 0.6 is 27.5 Å². The van der Waals surface area contributed by atoms with Crippen molar-refractivity contribution in [1.82, 2.24) is 0 Å². The van der Waals surface area contributed by atoms with Gasteiger partial charge in [0.05, 0.1) is 5.56 Å². The van der Waals surface area contributed by atoms with Crippen molar-refractivity contribution in [2.75, 3.05) is 5.73 Å². The van der Waals surface area contributed by atoms with Gasteiger partial charge in [-0.3, -0.25) is 4.79 Å². The maximum absolute atomic E-state index is 10.7. The molecule has 0 bridgehead atoms. The van der Waals surface area contributed by atoms with Gasteiger partial charge in [-0.25, -0.2) is 0 Å². The highest BCUT2D eigenvalue weighted by molar-refractivity contribution is 9.10. The fraction of sp³-hybridized carbons (Fsp3) is 0. The average Bonchev–Trinajstić information content (AvgIpc) is 1.94. The van der Waals surface area contributed by atoms with Crippen LogP contribution in [0.25, 0.3) is 0 Å². The van der Waals surface area contributed by atoms with Crippen molar-refractivity contribution in [3.63, 3.8) is 0 Å². The Hall–Kier alpha value is -0.540. The summed E-state index contributed by atoms with van der Waals surface area (Å²) < 4.78 is 0.659. The lowest BCUT2D eigenvalue weighted by Gasteiger charge is -1.98. The molecular weight excluding hydrogens is 229 g/mol. The molecule has 2 N–H and O–H groups in total. The predicted octanol–water partition coefficient (Wildman–Crippen LogP) is 2.41. The van der Waals surface area contributed by atoms with Gasteiger partial charge in [-0.2, -0.15) is 0 Å². The molecule has 0 spiro atoms. The molecule has 1 aromatic carbocycles. The summed E-state index contributed by atoms with van der Waals surface area (Å²) in [7, 11) is 0. The molecule has 0 heterocycles. The van der Waals surface area contributed by atoms with Crippen LogP contribution in [0.5, 0.6) is 0 Å². The summed E-state index contributed by atoms with van der Waals surface area (Å²) in [5.41, 5.74) is 6.35. The number of hydrogen-bond donors (Lipinski definition) is 1. The molecule has 0 aliphatic carbocycles. The third kappa shape index (κ3) is 1.94. The zero-order valence-corrected chi connectivity index (χ0v) is 7.82. The van der Waals surface area contributed by atoms with Gasteiger partial charge >= 0.3 is 0 Å². The standard InChI is InChI=1S/C7H5BrClNO/c8-6-2-1-4(10)3-5(6)7(9)11/h1-3H,10H2. The fourth-order valence-corrected chi connectivity index (χ4v) is 1.39. The summed E-state index contributed by atoms with van der Waals surface area (Å²) in [6.45, 7) is 0. The zero-order chi connectivity index (χ0) is 8.43. The van der Waals surface area contributed by atoms with E-state index in [0.29, 0.717) is 15.7 Å². The van der Waals surface area contributed by atoms with Crippen LogP contribution in [0.2, 0.25) is 0 Å². The summed E-state index contributed by atoms with van der Waals surface area (Å²) >= 11 is 8.43. The van der Waals surface area contributed by atoms with E-state index in [1.54, 1.807) is 12.1 Å². The van der Waals surface area contributed by atoms with E-state index in [-0.39, 0.29) is 0 Å². The quantitative estimate of drug-likeness (QED) is 0.599. The van der Waals surface area contributed by atoms with Gasteiger partial charge in [-0.15, -0.1) is 0 Å². The van der Waals surface area contributed by atoms with Crippen LogP contribution in [-0.4, -0.2) is 5.24 Å². The number of nitrogens with two attached hydrogens (primary N) is 1. The van der Waals surface area contributed by atoms with E-state index in [4.69, 9.17) is 17.3 Å². The first kappa shape index (κ1) is 8.56. The van der Waals surface area contributed by atoms with Gasteiger partial charge in [0, 0.05) is 10.2 Å². The second kappa shape index (κ2) is 3.24. The molecule has 0 radical (unpaired) electrons. The number of nitrogen functional groups attached to an aromatic ring is 1. The average molecular weight is 234 g/mol. The molecular formula is C7H5BrClNO. The van der Waals surface area contributed by atoms with Crippen LogP contribution in [-0.2, 0) is 0 Å².